The van der Waals surface area contributed by atoms with Gasteiger partial charge in [-0.2, -0.15) is 0 Å². The van der Waals surface area contributed by atoms with Gasteiger partial charge in [0, 0.05) is 19.0 Å². The van der Waals surface area contributed by atoms with Crippen molar-refractivity contribution in [2.24, 2.45) is 23.0 Å². The Balaban J connectivity index is 1.96. The van der Waals surface area contributed by atoms with Crippen molar-refractivity contribution in [3.05, 3.63) is 0 Å². The average molecular weight is 252 g/mol. The molecule has 1 saturated heterocycles. The molecule has 0 aromatic carbocycles. The molecule has 3 heteroatoms. The van der Waals surface area contributed by atoms with Crippen LogP contribution < -0.4 is 5.73 Å². The monoisotopic (exact) mass is 252 g/mol. The van der Waals surface area contributed by atoms with Crippen LogP contribution in [-0.2, 0) is 4.79 Å². The number of carbonyl (C=O) groups excluding carboxylic acids is 1. The highest BCUT2D eigenvalue weighted by atomic mass is 16.2. The molecule has 3 nitrogen and oxygen atoms in total. The highest BCUT2D eigenvalue weighted by Gasteiger charge is 2.35. The summed E-state index contributed by atoms with van der Waals surface area (Å²) in [6.07, 6.45) is 6.91. The summed E-state index contributed by atoms with van der Waals surface area (Å²) in [5.74, 6) is 1.05. The van der Waals surface area contributed by atoms with E-state index in [0.717, 1.165) is 38.8 Å². The normalized spacial score (nSPS) is 32.3. The van der Waals surface area contributed by atoms with E-state index in [1.54, 1.807) is 0 Å². The van der Waals surface area contributed by atoms with Gasteiger partial charge in [0.1, 0.15) is 0 Å². The second kappa shape index (κ2) is 5.60. The predicted molar refractivity (Wildman–Crippen MR) is 74.1 cm³/mol. The van der Waals surface area contributed by atoms with E-state index in [1.165, 1.54) is 12.8 Å². The summed E-state index contributed by atoms with van der Waals surface area (Å²) in [5.41, 5.74) is 6.20. The van der Waals surface area contributed by atoms with Gasteiger partial charge in [0.2, 0.25) is 5.91 Å². The first-order chi connectivity index (χ1) is 8.53. The van der Waals surface area contributed by atoms with Crippen molar-refractivity contribution < 1.29 is 4.79 Å². The summed E-state index contributed by atoms with van der Waals surface area (Å²) < 4.78 is 0. The summed E-state index contributed by atoms with van der Waals surface area (Å²) >= 11 is 0. The Hall–Kier alpha value is -0.570. The molecule has 2 unspecified atom stereocenters. The second-order valence-electron chi connectivity index (χ2n) is 6.88. The maximum atomic E-state index is 12.6. The van der Waals surface area contributed by atoms with Crippen LogP contribution in [-0.4, -0.2) is 30.4 Å². The van der Waals surface area contributed by atoms with Gasteiger partial charge in [-0.05, 0) is 50.0 Å². The highest BCUT2D eigenvalue weighted by Crippen LogP contribution is 2.35. The lowest BCUT2D eigenvalue weighted by Crippen LogP contribution is -2.39. The van der Waals surface area contributed by atoms with Crippen molar-refractivity contribution >= 4 is 5.91 Å². The molecule has 1 aliphatic carbocycles. The van der Waals surface area contributed by atoms with E-state index < -0.39 is 0 Å². The number of nitrogens with two attached hydrogens (primary N) is 1. The van der Waals surface area contributed by atoms with Gasteiger partial charge in [-0.1, -0.05) is 20.3 Å². The third-order valence-corrected chi connectivity index (χ3v) is 4.93. The molecule has 0 spiro atoms. The van der Waals surface area contributed by atoms with Crippen LogP contribution in [0.3, 0.4) is 0 Å². The zero-order valence-corrected chi connectivity index (χ0v) is 12.0. The summed E-state index contributed by atoms with van der Waals surface area (Å²) in [6, 6.07) is 0. The van der Waals surface area contributed by atoms with E-state index in [4.69, 9.17) is 5.73 Å². The fourth-order valence-electron chi connectivity index (χ4n) is 3.52. The van der Waals surface area contributed by atoms with Crippen molar-refractivity contribution in [1.29, 1.82) is 0 Å². The molecular weight excluding hydrogens is 224 g/mol. The zero-order valence-electron chi connectivity index (χ0n) is 12.0. The number of rotatable bonds is 2. The summed E-state index contributed by atoms with van der Waals surface area (Å²) in [6.45, 7) is 7.21. The molecule has 18 heavy (non-hydrogen) atoms. The molecule has 2 N–H and O–H groups in total. The molecule has 2 fully saturated rings. The third kappa shape index (κ3) is 3.05. The lowest BCUT2D eigenvalue weighted by Gasteiger charge is -2.27. The van der Waals surface area contributed by atoms with Gasteiger partial charge < -0.3 is 10.6 Å². The summed E-state index contributed by atoms with van der Waals surface area (Å²) in [4.78, 5) is 14.7. The van der Waals surface area contributed by atoms with Crippen LogP contribution in [0.4, 0.5) is 0 Å². The van der Waals surface area contributed by atoms with E-state index in [-0.39, 0.29) is 5.92 Å². The Morgan fingerprint density at radius 1 is 1.22 bits per heavy atom. The second-order valence-corrected chi connectivity index (χ2v) is 6.88. The largest absolute Gasteiger partial charge is 0.342 e. The van der Waals surface area contributed by atoms with Crippen molar-refractivity contribution in [1.82, 2.24) is 4.90 Å². The first-order valence-electron chi connectivity index (χ1n) is 7.52. The van der Waals surface area contributed by atoms with Gasteiger partial charge in [0.05, 0.1) is 0 Å². The van der Waals surface area contributed by atoms with Gasteiger partial charge >= 0.3 is 0 Å². The van der Waals surface area contributed by atoms with Crippen molar-refractivity contribution in [3.63, 3.8) is 0 Å². The molecule has 1 amide bonds. The Morgan fingerprint density at radius 2 is 2.00 bits per heavy atom. The standard InChI is InChI=1S/C15H28N2O/c1-15(2)7-4-9-17(10-8-15)14(18)13-6-3-5-12(13)11-16/h12-13H,3-11,16H2,1-2H3. The quantitative estimate of drug-likeness (QED) is 0.820. The first kappa shape index (κ1) is 13.9. The number of nitrogens with zero attached hydrogens (tertiary/aromatic N) is 1. The number of hydrogen-bond donors (Lipinski definition) is 1. The van der Waals surface area contributed by atoms with Gasteiger partial charge in [-0.3, -0.25) is 4.79 Å². The summed E-state index contributed by atoms with van der Waals surface area (Å²) in [7, 11) is 0. The van der Waals surface area contributed by atoms with Gasteiger partial charge in [-0.25, -0.2) is 0 Å². The van der Waals surface area contributed by atoms with Gasteiger partial charge in [0.15, 0.2) is 0 Å². The number of likely N-dealkylation sites (tertiary alicyclic amines) is 1. The Bertz CT molecular complexity index is 301. The number of carbonyl (C=O) groups is 1. The summed E-state index contributed by atoms with van der Waals surface area (Å²) in [5, 5.41) is 0. The zero-order chi connectivity index (χ0) is 13.2. The number of hydrogen-bond acceptors (Lipinski definition) is 2. The lowest BCUT2D eigenvalue weighted by atomic mass is 9.85. The third-order valence-electron chi connectivity index (χ3n) is 4.93. The van der Waals surface area contributed by atoms with Crippen molar-refractivity contribution in [2.45, 2.75) is 52.4 Å². The van der Waals surface area contributed by atoms with E-state index in [1.807, 2.05) is 0 Å². The minimum absolute atomic E-state index is 0.219. The topological polar surface area (TPSA) is 46.3 Å². The fourth-order valence-corrected chi connectivity index (χ4v) is 3.52. The maximum Gasteiger partial charge on any atom is 0.226 e. The van der Waals surface area contributed by atoms with E-state index in [0.29, 0.717) is 23.8 Å². The average Bonchev–Trinajstić information content (AvgIpc) is 2.73. The van der Waals surface area contributed by atoms with Crippen LogP contribution in [0.2, 0.25) is 0 Å². The van der Waals surface area contributed by atoms with Crippen LogP contribution in [0.5, 0.6) is 0 Å². The molecule has 104 valence electrons. The van der Waals surface area contributed by atoms with Crippen LogP contribution in [0.15, 0.2) is 0 Å². The minimum atomic E-state index is 0.219. The maximum absolute atomic E-state index is 12.6. The Kier molecular flexibility index (Phi) is 4.31. The Morgan fingerprint density at radius 3 is 2.72 bits per heavy atom. The SMILES string of the molecule is CC1(C)CCCN(C(=O)C2CCCC2CN)CC1. The molecule has 1 aliphatic heterocycles. The van der Waals surface area contributed by atoms with Crippen LogP contribution in [0, 0.1) is 17.3 Å². The van der Waals surface area contributed by atoms with E-state index in [9.17, 15) is 4.79 Å². The van der Waals surface area contributed by atoms with Crippen molar-refractivity contribution in [3.8, 4) is 0 Å². The van der Waals surface area contributed by atoms with Gasteiger partial charge in [0.25, 0.3) is 0 Å². The molecule has 2 atom stereocenters. The molecule has 2 aliphatic rings. The van der Waals surface area contributed by atoms with E-state index in [2.05, 4.69) is 18.7 Å². The molecule has 0 aromatic heterocycles. The molecular formula is C15H28N2O. The van der Waals surface area contributed by atoms with Crippen molar-refractivity contribution in [2.75, 3.05) is 19.6 Å². The highest BCUT2D eigenvalue weighted by molar-refractivity contribution is 5.79. The smallest absolute Gasteiger partial charge is 0.226 e. The predicted octanol–water partition coefficient (Wildman–Crippen LogP) is 2.40. The molecule has 1 saturated carbocycles. The van der Waals surface area contributed by atoms with Crippen LogP contribution >= 0.6 is 0 Å². The Labute approximate surface area is 111 Å². The fraction of sp³-hybridized carbons (Fsp3) is 0.933. The van der Waals surface area contributed by atoms with Crippen LogP contribution in [0.25, 0.3) is 0 Å². The molecule has 0 radical (unpaired) electrons. The van der Waals surface area contributed by atoms with E-state index >= 15 is 0 Å². The molecule has 1 heterocycles. The lowest BCUT2D eigenvalue weighted by molar-refractivity contribution is -0.136. The molecule has 0 bridgehead atoms. The molecule has 0 aromatic rings. The van der Waals surface area contributed by atoms with Gasteiger partial charge in [-0.15, -0.1) is 0 Å². The van der Waals surface area contributed by atoms with Crippen LogP contribution in [0.1, 0.15) is 52.4 Å². The minimum Gasteiger partial charge on any atom is -0.342 e. The molecule has 2 rings (SSSR count). The first-order valence-corrected chi connectivity index (χ1v) is 7.52. The number of amides is 1.